The molecule has 0 unspecified atom stereocenters. The molecule has 0 aromatic heterocycles. The SMILES string of the molecule is Cc1ccc(C(=O)O)cc1-c1ccc(NC(=O)c2ccc(N3CCOCC3)cc2)cc1. The van der Waals surface area contributed by atoms with E-state index in [1.54, 1.807) is 18.2 Å². The van der Waals surface area contributed by atoms with E-state index in [4.69, 9.17) is 4.74 Å². The van der Waals surface area contributed by atoms with E-state index in [1.165, 1.54) is 0 Å². The second-order valence-corrected chi connectivity index (χ2v) is 7.51. The molecule has 2 N–H and O–H groups in total. The molecule has 1 saturated heterocycles. The molecule has 0 aliphatic carbocycles. The van der Waals surface area contributed by atoms with Gasteiger partial charge in [0.05, 0.1) is 18.8 Å². The summed E-state index contributed by atoms with van der Waals surface area (Å²) in [5.74, 6) is -1.13. The highest BCUT2D eigenvalue weighted by atomic mass is 16.5. The summed E-state index contributed by atoms with van der Waals surface area (Å²) in [4.78, 5) is 26.1. The zero-order valence-electron chi connectivity index (χ0n) is 17.3. The lowest BCUT2D eigenvalue weighted by atomic mass is 9.98. The van der Waals surface area contributed by atoms with Crippen molar-refractivity contribution in [2.24, 2.45) is 0 Å². The number of carboxylic acids is 1. The van der Waals surface area contributed by atoms with Crippen molar-refractivity contribution in [2.45, 2.75) is 6.92 Å². The summed E-state index contributed by atoms with van der Waals surface area (Å²) >= 11 is 0. The minimum Gasteiger partial charge on any atom is -0.478 e. The molecule has 31 heavy (non-hydrogen) atoms. The largest absolute Gasteiger partial charge is 0.478 e. The minimum atomic E-state index is -0.954. The Hall–Kier alpha value is -3.64. The summed E-state index contributed by atoms with van der Waals surface area (Å²) in [6.45, 7) is 5.09. The van der Waals surface area contributed by atoms with Gasteiger partial charge in [-0.05, 0) is 72.1 Å². The number of morpholine rings is 1. The zero-order valence-corrected chi connectivity index (χ0v) is 17.3. The van der Waals surface area contributed by atoms with Gasteiger partial charge >= 0.3 is 5.97 Å². The van der Waals surface area contributed by atoms with Crippen LogP contribution >= 0.6 is 0 Å². The number of carbonyl (C=O) groups is 2. The van der Waals surface area contributed by atoms with Gasteiger partial charge in [-0.2, -0.15) is 0 Å². The lowest BCUT2D eigenvalue weighted by Crippen LogP contribution is -2.36. The number of aryl methyl sites for hydroxylation is 1. The molecule has 0 radical (unpaired) electrons. The summed E-state index contributed by atoms with van der Waals surface area (Å²) in [6, 6.07) is 20.0. The topological polar surface area (TPSA) is 78.9 Å². The Balaban J connectivity index is 1.45. The average Bonchev–Trinajstić information content (AvgIpc) is 2.80. The van der Waals surface area contributed by atoms with Crippen LogP contribution in [0.4, 0.5) is 11.4 Å². The fourth-order valence-electron chi connectivity index (χ4n) is 3.65. The van der Waals surface area contributed by atoms with Gasteiger partial charge in [-0.15, -0.1) is 0 Å². The number of nitrogens with zero attached hydrogens (tertiary/aromatic N) is 1. The zero-order chi connectivity index (χ0) is 21.8. The van der Waals surface area contributed by atoms with Crippen LogP contribution in [0.2, 0.25) is 0 Å². The molecule has 4 rings (SSSR count). The number of amides is 1. The van der Waals surface area contributed by atoms with Gasteiger partial charge in [0.1, 0.15) is 0 Å². The maximum atomic E-state index is 12.6. The van der Waals surface area contributed by atoms with Crippen LogP contribution in [0.1, 0.15) is 26.3 Å². The Morgan fingerprint density at radius 1 is 0.903 bits per heavy atom. The fourth-order valence-corrected chi connectivity index (χ4v) is 3.65. The molecule has 0 bridgehead atoms. The van der Waals surface area contributed by atoms with Crippen molar-refractivity contribution >= 4 is 23.3 Å². The van der Waals surface area contributed by atoms with Gasteiger partial charge in [-0.25, -0.2) is 4.79 Å². The Labute approximate surface area is 181 Å². The molecule has 6 nitrogen and oxygen atoms in total. The first-order valence-electron chi connectivity index (χ1n) is 10.2. The van der Waals surface area contributed by atoms with Crippen LogP contribution in [-0.4, -0.2) is 43.3 Å². The van der Waals surface area contributed by atoms with E-state index in [2.05, 4.69) is 10.2 Å². The van der Waals surface area contributed by atoms with Gasteiger partial charge in [0, 0.05) is 30.0 Å². The van der Waals surface area contributed by atoms with E-state index in [1.807, 2.05) is 55.5 Å². The van der Waals surface area contributed by atoms with Gasteiger partial charge in [0.15, 0.2) is 0 Å². The van der Waals surface area contributed by atoms with Crippen LogP contribution in [0.15, 0.2) is 66.7 Å². The summed E-state index contributed by atoms with van der Waals surface area (Å²) in [5, 5.41) is 12.1. The third kappa shape index (κ3) is 4.75. The Bertz CT molecular complexity index is 1090. The highest BCUT2D eigenvalue weighted by molar-refractivity contribution is 6.04. The fraction of sp³-hybridized carbons (Fsp3) is 0.200. The normalized spacial score (nSPS) is 13.6. The summed E-state index contributed by atoms with van der Waals surface area (Å²) < 4.78 is 5.38. The van der Waals surface area contributed by atoms with Crippen LogP contribution in [0.5, 0.6) is 0 Å². The van der Waals surface area contributed by atoms with Gasteiger partial charge in [-0.3, -0.25) is 4.79 Å². The number of aromatic carboxylic acids is 1. The van der Waals surface area contributed by atoms with Gasteiger partial charge in [0.25, 0.3) is 5.91 Å². The molecular formula is C25H24N2O4. The number of ether oxygens (including phenoxy) is 1. The molecule has 3 aromatic rings. The van der Waals surface area contributed by atoms with Crippen molar-refractivity contribution in [3.8, 4) is 11.1 Å². The van der Waals surface area contributed by atoms with Crippen LogP contribution < -0.4 is 10.2 Å². The van der Waals surface area contributed by atoms with Crippen molar-refractivity contribution < 1.29 is 19.4 Å². The van der Waals surface area contributed by atoms with Crippen LogP contribution in [0.3, 0.4) is 0 Å². The third-order valence-electron chi connectivity index (χ3n) is 5.44. The number of carboxylic acid groups (broad SMARTS) is 1. The molecule has 1 fully saturated rings. The summed E-state index contributed by atoms with van der Waals surface area (Å²) in [7, 11) is 0. The van der Waals surface area contributed by atoms with E-state index in [9.17, 15) is 14.7 Å². The van der Waals surface area contributed by atoms with Crippen molar-refractivity contribution in [1.82, 2.24) is 0 Å². The van der Waals surface area contributed by atoms with E-state index < -0.39 is 5.97 Å². The first-order valence-corrected chi connectivity index (χ1v) is 10.2. The van der Waals surface area contributed by atoms with Crippen LogP contribution in [0, 0.1) is 6.92 Å². The molecule has 158 valence electrons. The van der Waals surface area contributed by atoms with Crippen molar-refractivity contribution in [1.29, 1.82) is 0 Å². The van der Waals surface area contributed by atoms with E-state index in [0.29, 0.717) is 11.3 Å². The monoisotopic (exact) mass is 416 g/mol. The molecule has 0 atom stereocenters. The number of hydrogen-bond acceptors (Lipinski definition) is 4. The molecule has 1 heterocycles. The average molecular weight is 416 g/mol. The lowest BCUT2D eigenvalue weighted by molar-refractivity contribution is 0.0696. The summed E-state index contributed by atoms with van der Waals surface area (Å²) in [6.07, 6.45) is 0. The van der Waals surface area contributed by atoms with Gasteiger partial charge < -0.3 is 20.1 Å². The quantitative estimate of drug-likeness (QED) is 0.643. The first-order chi connectivity index (χ1) is 15.0. The minimum absolute atomic E-state index is 0.176. The molecule has 1 aliphatic heterocycles. The Morgan fingerprint density at radius 3 is 2.19 bits per heavy atom. The number of anilines is 2. The third-order valence-corrected chi connectivity index (χ3v) is 5.44. The van der Waals surface area contributed by atoms with Crippen LogP contribution in [0.25, 0.3) is 11.1 Å². The molecule has 1 aliphatic rings. The molecule has 1 amide bonds. The predicted molar refractivity (Wildman–Crippen MR) is 121 cm³/mol. The number of nitrogens with one attached hydrogen (secondary N) is 1. The number of benzene rings is 3. The van der Waals surface area contributed by atoms with E-state index in [-0.39, 0.29) is 11.5 Å². The Kier molecular flexibility index (Phi) is 6.00. The smallest absolute Gasteiger partial charge is 0.335 e. The molecule has 3 aromatic carbocycles. The van der Waals surface area contributed by atoms with Crippen LogP contribution in [-0.2, 0) is 4.74 Å². The number of carbonyl (C=O) groups excluding carboxylic acids is 1. The highest BCUT2D eigenvalue weighted by Crippen LogP contribution is 2.26. The molecule has 0 spiro atoms. The highest BCUT2D eigenvalue weighted by Gasteiger charge is 2.13. The van der Waals surface area contributed by atoms with Crippen molar-refractivity contribution in [3.05, 3.63) is 83.4 Å². The second-order valence-electron chi connectivity index (χ2n) is 7.51. The molecule has 0 saturated carbocycles. The van der Waals surface area contributed by atoms with Gasteiger partial charge in [0.2, 0.25) is 0 Å². The van der Waals surface area contributed by atoms with Crippen molar-refractivity contribution in [3.63, 3.8) is 0 Å². The molecular weight excluding hydrogens is 392 g/mol. The maximum absolute atomic E-state index is 12.6. The second kappa shape index (κ2) is 9.02. The predicted octanol–water partition coefficient (Wildman–Crippen LogP) is 4.45. The Morgan fingerprint density at radius 2 is 1.55 bits per heavy atom. The molecule has 6 heteroatoms. The summed E-state index contributed by atoms with van der Waals surface area (Å²) in [5.41, 5.74) is 5.35. The maximum Gasteiger partial charge on any atom is 0.335 e. The van der Waals surface area contributed by atoms with Crippen molar-refractivity contribution in [2.75, 3.05) is 36.5 Å². The number of rotatable bonds is 5. The van der Waals surface area contributed by atoms with Gasteiger partial charge in [-0.1, -0.05) is 18.2 Å². The van der Waals surface area contributed by atoms with E-state index in [0.717, 1.165) is 48.7 Å². The number of hydrogen-bond donors (Lipinski definition) is 2. The van der Waals surface area contributed by atoms with E-state index >= 15 is 0 Å². The lowest BCUT2D eigenvalue weighted by Gasteiger charge is -2.28. The first kappa shape index (κ1) is 20.6. The standard InChI is InChI=1S/C25H24N2O4/c1-17-2-3-20(25(29)30)16-23(17)18-4-8-21(9-5-18)26-24(28)19-6-10-22(11-7-19)27-12-14-31-15-13-27/h2-11,16H,12-15H2,1H3,(H,26,28)(H,29,30).